The standard InChI is InChI=1S/C21H20F3N3O/c1-20(12-26-17-11-14(21(22,23)24)5-6-15(17)20)16-10-13(4-7-18(16)28-3)19-25-8-9-27(19)2/h4-11,26H,12H2,1-3H3/t20-/m1/s1. The lowest BCUT2D eigenvalue weighted by Gasteiger charge is -2.27. The van der Waals surface area contributed by atoms with Crippen LogP contribution in [0, 0.1) is 0 Å². The van der Waals surface area contributed by atoms with Gasteiger partial charge in [0.15, 0.2) is 0 Å². The first kappa shape index (κ1) is 18.4. The summed E-state index contributed by atoms with van der Waals surface area (Å²) in [6.07, 6.45) is -0.774. The smallest absolute Gasteiger partial charge is 0.416 e. The summed E-state index contributed by atoms with van der Waals surface area (Å²) in [5.41, 5.74) is 1.95. The predicted molar refractivity (Wildman–Crippen MR) is 102 cm³/mol. The summed E-state index contributed by atoms with van der Waals surface area (Å²) in [7, 11) is 3.51. The van der Waals surface area contributed by atoms with Gasteiger partial charge >= 0.3 is 6.18 Å². The molecule has 146 valence electrons. The highest BCUT2D eigenvalue weighted by molar-refractivity contribution is 5.69. The van der Waals surface area contributed by atoms with E-state index in [1.54, 1.807) is 19.4 Å². The van der Waals surface area contributed by atoms with Crippen molar-refractivity contribution in [1.82, 2.24) is 9.55 Å². The largest absolute Gasteiger partial charge is 0.496 e. The Kier molecular flexibility index (Phi) is 4.14. The number of benzene rings is 2. The van der Waals surface area contributed by atoms with Crippen LogP contribution in [0.15, 0.2) is 48.8 Å². The Morgan fingerprint density at radius 1 is 1.14 bits per heavy atom. The van der Waals surface area contributed by atoms with E-state index in [0.29, 0.717) is 18.0 Å². The van der Waals surface area contributed by atoms with Gasteiger partial charge in [-0.2, -0.15) is 13.2 Å². The van der Waals surface area contributed by atoms with E-state index in [-0.39, 0.29) is 0 Å². The highest BCUT2D eigenvalue weighted by atomic mass is 19.4. The second-order valence-electron chi connectivity index (χ2n) is 7.22. The fourth-order valence-corrected chi connectivity index (χ4v) is 3.88. The van der Waals surface area contributed by atoms with E-state index in [4.69, 9.17) is 4.74 Å². The van der Waals surface area contributed by atoms with Crippen LogP contribution >= 0.6 is 0 Å². The maximum Gasteiger partial charge on any atom is 0.416 e. The van der Waals surface area contributed by atoms with Crippen LogP contribution in [0.4, 0.5) is 18.9 Å². The van der Waals surface area contributed by atoms with Gasteiger partial charge in [0.1, 0.15) is 11.6 Å². The minimum absolute atomic E-state index is 0.476. The van der Waals surface area contributed by atoms with E-state index in [1.165, 1.54) is 6.07 Å². The molecule has 0 spiro atoms. The van der Waals surface area contributed by atoms with Crippen LogP contribution in [0.25, 0.3) is 11.4 Å². The molecule has 2 aromatic carbocycles. The van der Waals surface area contributed by atoms with Gasteiger partial charge in [0, 0.05) is 48.2 Å². The first-order valence-electron chi connectivity index (χ1n) is 8.86. The van der Waals surface area contributed by atoms with Crippen molar-refractivity contribution in [3.05, 3.63) is 65.5 Å². The zero-order valence-corrected chi connectivity index (χ0v) is 15.8. The normalized spacial score (nSPS) is 18.6. The Balaban J connectivity index is 1.85. The molecule has 1 atom stereocenters. The molecule has 28 heavy (non-hydrogen) atoms. The minimum Gasteiger partial charge on any atom is -0.496 e. The number of hydrogen-bond donors (Lipinski definition) is 1. The number of anilines is 1. The third-order valence-corrected chi connectivity index (χ3v) is 5.45. The van der Waals surface area contributed by atoms with Gasteiger partial charge in [-0.1, -0.05) is 6.07 Å². The fourth-order valence-electron chi connectivity index (χ4n) is 3.88. The highest BCUT2D eigenvalue weighted by Crippen LogP contribution is 2.47. The first-order valence-corrected chi connectivity index (χ1v) is 8.86. The Morgan fingerprint density at radius 3 is 2.57 bits per heavy atom. The molecule has 1 aliphatic rings. The second-order valence-corrected chi connectivity index (χ2v) is 7.22. The Bertz CT molecular complexity index is 1040. The summed E-state index contributed by atoms with van der Waals surface area (Å²) in [6.45, 7) is 2.49. The highest BCUT2D eigenvalue weighted by Gasteiger charge is 2.40. The number of fused-ring (bicyclic) bond motifs is 1. The van der Waals surface area contributed by atoms with Crippen molar-refractivity contribution in [3.63, 3.8) is 0 Å². The summed E-state index contributed by atoms with van der Waals surface area (Å²) in [5, 5.41) is 3.14. The molecule has 3 aromatic rings. The molecule has 2 heterocycles. The quantitative estimate of drug-likeness (QED) is 0.699. The first-order chi connectivity index (χ1) is 13.2. The third kappa shape index (κ3) is 2.82. The number of nitrogens with zero attached hydrogens (tertiary/aromatic N) is 2. The predicted octanol–water partition coefficient (Wildman–Crippen LogP) is 4.85. The van der Waals surface area contributed by atoms with E-state index in [9.17, 15) is 13.2 Å². The minimum atomic E-state index is -4.37. The summed E-state index contributed by atoms with van der Waals surface area (Å²) >= 11 is 0. The number of nitrogens with one attached hydrogen (secondary N) is 1. The number of alkyl halides is 3. The van der Waals surface area contributed by atoms with E-state index in [1.807, 2.05) is 42.9 Å². The van der Waals surface area contributed by atoms with Crippen molar-refractivity contribution < 1.29 is 17.9 Å². The van der Waals surface area contributed by atoms with Crippen LogP contribution in [0.1, 0.15) is 23.6 Å². The number of aromatic nitrogens is 2. The summed E-state index contributed by atoms with van der Waals surface area (Å²) in [5.74, 6) is 1.50. The number of methoxy groups -OCH3 is 1. The van der Waals surface area contributed by atoms with Crippen molar-refractivity contribution in [2.45, 2.75) is 18.5 Å². The van der Waals surface area contributed by atoms with E-state index in [0.717, 1.165) is 28.6 Å². The van der Waals surface area contributed by atoms with E-state index >= 15 is 0 Å². The van der Waals surface area contributed by atoms with E-state index < -0.39 is 17.2 Å². The maximum absolute atomic E-state index is 13.1. The van der Waals surface area contributed by atoms with Gasteiger partial charge in [-0.05, 0) is 42.8 Å². The number of rotatable bonds is 3. The molecule has 0 amide bonds. The van der Waals surface area contributed by atoms with Crippen LogP contribution in [0.5, 0.6) is 5.75 Å². The zero-order chi connectivity index (χ0) is 20.1. The number of ether oxygens (including phenoxy) is 1. The van der Waals surface area contributed by atoms with Gasteiger partial charge < -0.3 is 14.6 Å². The van der Waals surface area contributed by atoms with E-state index in [2.05, 4.69) is 10.3 Å². The lowest BCUT2D eigenvalue weighted by atomic mass is 9.76. The van der Waals surface area contributed by atoms with Crippen LogP contribution in [-0.4, -0.2) is 23.2 Å². The van der Waals surface area contributed by atoms with Crippen molar-refractivity contribution in [3.8, 4) is 17.1 Å². The molecule has 1 aliphatic heterocycles. The Morgan fingerprint density at radius 2 is 1.93 bits per heavy atom. The molecular weight excluding hydrogens is 367 g/mol. The van der Waals surface area contributed by atoms with Gasteiger partial charge in [-0.3, -0.25) is 0 Å². The maximum atomic E-state index is 13.1. The SMILES string of the molecule is COc1ccc(-c2nccn2C)cc1[C@]1(C)CNc2cc(C(F)(F)F)ccc21. The molecule has 0 saturated heterocycles. The van der Waals surface area contributed by atoms with Crippen molar-refractivity contribution >= 4 is 5.69 Å². The van der Waals surface area contributed by atoms with Crippen LogP contribution in [-0.2, 0) is 18.6 Å². The third-order valence-electron chi connectivity index (χ3n) is 5.45. The number of hydrogen-bond acceptors (Lipinski definition) is 3. The molecule has 0 unspecified atom stereocenters. The molecule has 0 fully saturated rings. The number of aryl methyl sites for hydroxylation is 1. The summed E-state index contributed by atoms with van der Waals surface area (Å²) in [4.78, 5) is 4.40. The molecule has 1 aromatic heterocycles. The Labute approximate surface area is 161 Å². The van der Waals surface area contributed by atoms with Gasteiger partial charge in [0.05, 0.1) is 12.7 Å². The molecule has 4 nitrogen and oxygen atoms in total. The van der Waals surface area contributed by atoms with Crippen molar-refractivity contribution in [1.29, 1.82) is 0 Å². The lowest BCUT2D eigenvalue weighted by Crippen LogP contribution is -2.26. The Hall–Kier alpha value is -2.96. The molecule has 0 saturated carbocycles. The van der Waals surface area contributed by atoms with Crippen molar-refractivity contribution in [2.24, 2.45) is 7.05 Å². The molecule has 7 heteroatoms. The average Bonchev–Trinajstić information content (AvgIpc) is 3.24. The van der Waals surface area contributed by atoms with Crippen LogP contribution < -0.4 is 10.1 Å². The molecule has 0 bridgehead atoms. The van der Waals surface area contributed by atoms with Crippen molar-refractivity contribution in [2.75, 3.05) is 19.0 Å². The monoisotopic (exact) mass is 387 g/mol. The average molecular weight is 387 g/mol. The molecule has 0 aliphatic carbocycles. The summed E-state index contributed by atoms with van der Waals surface area (Å²) < 4.78 is 46.7. The summed E-state index contributed by atoms with van der Waals surface area (Å²) in [6, 6.07) is 9.70. The zero-order valence-electron chi connectivity index (χ0n) is 15.8. The van der Waals surface area contributed by atoms with Gasteiger partial charge in [-0.25, -0.2) is 4.98 Å². The second kappa shape index (κ2) is 6.29. The number of imidazole rings is 1. The lowest BCUT2D eigenvalue weighted by molar-refractivity contribution is -0.137. The van der Waals surface area contributed by atoms with Crippen LogP contribution in [0.3, 0.4) is 0 Å². The fraction of sp³-hybridized carbons (Fsp3) is 0.286. The van der Waals surface area contributed by atoms with Gasteiger partial charge in [0.25, 0.3) is 0 Å². The van der Waals surface area contributed by atoms with Crippen LogP contribution in [0.2, 0.25) is 0 Å². The molecule has 1 N–H and O–H groups in total. The van der Waals surface area contributed by atoms with Gasteiger partial charge in [-0.15, -0.1) is 0 Å². The molecule has 4 rings (SSSR count). The topological polar surface area (TPSA) is 39.1 Å². The number of halogens is 3. The molecule has 0 radical (unpaired) electrons. The molecular formula is C21H20F3N3O. The van der Waals surface area contributed by atoms with Gasteiger partial charge in [0.2, 0.25) is 0 Å².